The summed E-state index contributed by atoms with van der Waals surface area (Å²) in [6, 6.07) is 10.7. The van der Waals surface area contributed by atoms with Crippen molar-refractivity contribution < 1.29 is 22.2 Å². The maximum absolute atomic E-state index is 12.3. The van der Waals surface area contributed by atoms with E-state index in [0.29, 0.717) is 17.2 Å². The van der Waals surface area contributed by atoms with E-state index in [4.69, 9.17) is 8.94 Å². The van der Waals surface area contributed by atoms with Gasteiger partial charge in [0.05, 0.1) is 17.7 Å². The van der Waals surface area contributed by atoms with Gasteiger partial charge in [0.1, 0.15) is 11.5 Å². The van der Waals surface area contributed by atoms with Gasteiger partial charge in [-0.05, 0) is 37.3 Å². The van der Waals surface area contributed by atoms with E-state index in [-0.39, 0.29) is 17.1 Å². The van der Waals surface area contributed by atoms with Gasteiger partial charge in [-0.3, -0.25) is 4.79 Å². The van der Waals surface area contributed by atoms with Gasteiger partial charge in [-0.1, -0.05) is 11.2 Å². The Hall–Kier alpha value is -2.91. The Labute approximate surface area is 143 Å². The second-order valence-electron chi connectivity index (χ2n) is 5.21. The Balaban J connectivity index is 1.73. The van der Waals surface area contributed by atoms with Crippen LogP contribution in [0.1, 0.15) is 22.0 Å². The molecule has 0 atom stereocenters. The summed E-state index contributed by atoms with van der Waals surface area (Å²) in [5.41, 5.74) is 0.438. The molecule has 130 valence electrons. The van der Waals surface area contributed by atoms with Crippen molar-refractivity contribution in [2.75, 3.05) is 5.32 Å². The number of carbonyl (C=O) groups is 1. The fourth-order valence-electron chi connectivity index (χ4n) is 2.07. The molecule has 1 aromatic carbocycles. The molecule has 9 heteroatoms. The van der Waals surface area contributed by atoms with Crippen LogP contribution in [0.2, 0.25) is 0 Å². The third kappa shape index (κ3) is 4.14. The molecule has 0 fully saturated rings. The average Bonchev–Trinajstić information content (AvgIpc) is 3.25. The SMILES string of the molecule is Cc1cc(C(=O)Nc2cccc(S(=O)(=O)NCc3ccco3)c2)no1. The lowest BCUT2D eigenvalue weighted by Crippen LogP contribution is -2.23. The molecule has 2 N–H and O–H groups in total. The molecule has 0 aliphatic carbocycles. The number of rotatable bonds is 6. The first-order chi connectivity index (χ1) is 11.9. The highest BCUT2D eigenvalue weighted by Crippen LogP contribution is 2.17. The van der Waals surface area contributed by atoms with E-state index in [2.05, 4.69) is 15.2 Å². The Morgan fingerprint density at radius 2 is 2.04 bits per heavy atom. The van der Waals surface area contributed by atoms with E-state index in [1.807, 2.05) is 0 Å². The first-order valence-corrected chi connectivity index (χ1v) is 8.79. The second kappa shape index (κ2) is 6.91. The summed E-state index contributed by atoms with van der Waals surface area (Å²) < 4.78 is 37.1. The van der Waals surface area contributed by atoms with Crippen LogP contribution in [0.3, 0.4) is 0 Å². The van der Waals surface area contributed by atoms with Crippen LogP contribution in [0, 0.1) is 6.92 Å². The maximum Gasteiger partial charge on any atom is 0.277 e. The number of aryl methyl sites for hydroxylation is 1. The number of hydrogen-bond donors (Lipinski definition) is 2. The van der Waals surface area contributed by atoms with Crippen molar-refractivity contribution in [3.63, 3.8) is 0 Å². The molecule has 3 rings (SSSR count). The summed E-state index contributed by atoms with van der Waals surface area (Å²) in [6.07, 6.45) is 1.46. The third-order valence-corrected chi connectivity index (χ3v) is 4.68. The van der Waals surface area contributed by atoms with Crippen LogP contribution < -0.4 is 10.0 Å². The summed E-state index contributed by atoms with van der Waals surface area (Å²) >= 11 is 0. The molecule has 0 radical (unpaired) electrons. The minimum Gasteiger partial charge on any atom is -0.468 e. The molecule has 8 nitrogen and oxygen atoms in total. The number of nitrogens with zero attached hydrogens (tertiary/aromatic N) is 1. The smallest absolute Gasteiger partial charge is 0.277 e. The number of benzene rings is 1. The van der Waals surface area contributed by atoms with E-state index in [1.54, 1.807) is 25.1 Å². The van der Waals surface area contributed by atoms with Crippen molar-refractivity contribution in [3.8, 4) is 0 Å². The fraction of sp³-hybridized carbons (Fsp3) is 0.125. The standard InChI is InChI=1S/C16H15N3O5S/c1-11-8-15(19-24-11)16(20)18-12-4-2-6-14(9-12)25(21,22)17-10-13-5-3-7-23-13/h2-9,17H,10H2,1H3,(H,18,20). The molecule has 2 heterocycles. The largest absolute Gasteiger partial charge is 0.468 e. The monoisotopic (exact) mass is 361 g/mol. The quantitative estimate of drug-likeness (QED) is 0.696. The van der Waals surface area contributed by atoms with E-state index < -0.39 is 15.9 Å². The number of furan rings is 1. The normalized spacial score (nSPS) is 11.4. The Kier molecular flexibility index (Phi) is 4.68. The van der Waals surface area contributed by atoms with Crippen LogP contribution in [-0.2, 0) is 16.6 Å². The summed E-state index contributed by atoms with van der Waals surface area (Å²) in [5, 5.41) is 6.19. The van der Waals surface area contributed by atoms with Gasteiger partial charge in [0, 0.05) is 11.8 Å². The molecule has 0 aliphatic rings. The van der Waals surface area contributed by atoms with Gasteiger partial charge in [0.2, 0.25) is 10.0 Å². The third-order valence-electron chi connectivity index (χ3n) is 3.28. The molecule has 0 saturated heterocycles. The molecule has 3 aromatic rings. The zero-order valence-corrected chi connectivity index (χ0v) is 14.0. The molecular formula is C16H15N3O5S. The molecule has 1 amide bonds. The highest BCUT2D eigenvalue weighted by atomic mass is 32.2. The summed E-state index contributed by atoms with van der Waals surface area (Å²) in [7, 11) is -3.75. The minimum atomic E-state index is -3.75. The molecule has 0 spiro atoms. The van der Waals surface area contributed by atoms with E-state index in [9.17, 15) is 13.2 Å². The lowest BCUT2D eigenvalue weighted by Gasteiger charge is -2.08. The predicted octanol–water partition coefficient (Wildman–Crippen LogP) is 2.31. The van der Waals surface area contributed by atoms with Crippen LogP contribution in [0.4, 0.5) is 5.69 Å². The van der Waals surface area contributed by atoms with Gasteiger partial charge < -0.3 is 14.3 Å². The van der Waals surface area contributed by atoms with Crippen molar-refractivity contribution in [1.82, 2.24) is 9.88 Å². The van der Waals surface area contributed by atoms with Crippen LogP contribution in [0.5, 0.6) is 0 Å². The molecule has 0 saturated carbocycles. The lowest BCUT2D eigenvalue weighted by molar-refractivity contribution is 0.101. The van der Waals surface area contributed by atoms with Gasteiger partial charge in [0.15, 0.2) is 5.69 Å². The van der Waals surface area contributed by atoms with Crippen molar-refractivity contribution in [1.29, 1.82) is 0 Å². The molecule has 0 unspecified atom stereocenters. The topological polar surface area (TPSA) is 114 Å². The second-order valence-corrected chi connectivity index (χ2v) is 6.98. The number of sulfonamides is 1. The number of anilines is 1. The maximum atomic E-state index is 12.3. The first kappa shape index (κ1) is 16.9. The number of aromatic nitrogens is 1. The van der Waals surface area contributed by atoms with Crippen LogP contribution >= 0.6 is 0 Å². The number of amides is 1. The van der Waals surface area contributed by atoms with Crippen molar-refractivity contribution in [2.45, 2.75) is 18.4 Å². The van der Waals surface area contributed by atoms with E-state index in [0.717, 1.165) is 0 Å². The lowest BCUT2D eigenvalue weighted by atomic mass is 10.3. The summed E-state index contributed by atoms with van der Waals surface area (Å²) in [4.78, 5) is 12.1. The highest BCUT2D eigenvalue weighted by Gasteiger charge is 2.16. The molecule has 25 heavy (non-hydrogen) atoms. The summed E-state index contributed by atoms with van der Waals surface area (Å²) in [5.74, 6) is 0.507. The molecular weight excluding hydrogens is 346 g/mol. The Bertz CT molecular complexity index is 977. The van der Waals surface area contributed by atoms with Crippen LogP contribution in [-0.4, -0.2) is 19.5 Å². The zero-order chi connectivity index (χ0) is 17.9. The van der Waals surface area contributed by atoms with Gasteiger partial charge in [0.25, 0.3) is 5.91 Å². The van der Waals surface area contributed by atoms with Crippen molar-refractivity contribution >= 4 is 21.6 Å². The Morgan fingerprint density at radius 3 is 2.72 bits per heavy atom. The number of nitrogens with one attached hydrogen (secondary N) is 2. The average molecular weight is 361 g/mol. The zero-order valence-electron chi connectivity index (χ0n) is 13.2. The van der Waals surface area contributed by atoms with Crippen molar-refractivity contribution in [2.24, 2.45) is 0 Å². The van der Waals surface area contributed by atoms with Gasteiger partial charge in [-0.25, -0.2) is 13.1 Å². The minimum absolute atomic E-state index is 0.0215. The molecule has 0 aliphatic heterocycles. The predicted molar refractivity (Wildman–Crippen MR) is 88.4 cm³/mol. The number of hydrogen-bond acceptors (Lipinski definition) is 6. The number of carbonyl (C=O) groups excluding carboxylic acids is 1. The summed E-state index contributed by atoms with van der Waals surface area (Å²) in [6.45, 7) is 1.70. The van der Waals surface area contributed by atoms with Gasteiger partial charge in [-0.2, -0.15) is 0 Å². The van der Waals surface area contributed by atoms with Crippen LogP contribution in [0.25, 0.3) is 0 Å². The van der Waals surface area contributed by atoms with E-state index >= 15 is 0 Å². The first-order valence-electron chi connectivity index (χ1n) is 7.31. The van der Waals surface area contributed by atoms with E-state index in [1.165, 1.54) is 30.5 Å². The molecule has 0 bridgehead atoms. The fourth-order valence-corrected chi connectivity index (χ4v) is 3.11. The van der Waals surface area contributed by atoms with Gasteiger partial charge in [-0.15, -0.1) is 0 Å². The Morgan fingerprint density at radius 1 is 1.20 bits per heavy atom. The van der Waals surface area contributed by atoms with Crippen molar-refractivity contribution in [3.05, 3.63) is 65.9 Å². The van der Waals surface area contributed by atoms with Crippen LogP contribution in [0.15, 0.2) is 62.6 Å². The van der Waals surface area contributed by atoms with Gasteiger partial charge >= 0.3 is 0 Å². The highest BCUT2D eigenvalue weighted by molar-refractivity contribution is 7.89. The molecule has 2 aromatic heterocycles.